The predicted octanol–water partition coefficient (Wildman–Crippen LogP) is 2.70. The second-order valence-corrected chi connectivity index (χ2v) is 3.78. The van der Waals surface area contributed by atoms with Crippen molar-refractivity contribution in [3.63, 3.8) is 0 Å². The first kappa shape index (κ1) is 11.0. The van der Waals surface area contributed by atoms with Crippen molar-refractivity contribution >= 4 is 34.3 Å². The first-order valence-corrected chi connectivity index (χ1v) is 5.45. The maximum Gasteiger partial charge on any atom is 0.225 e. The molecule has 0 aliphatic carbocycles. The van der Waals surface area contributed by atoms with Crippen LogP contribution in [-0.2, 0) is 4.79 Å². The van der Waals surface area contributed by atoms with Crippen molar-refractivity contribution < 1.29 is 9.21 Å². The lowest BCUT2D eigenvalue weighted by molar-refractivity contribution is -0.115. The minimum absolute atomic E-state index is 0.102. The molecule has 0 bridgehead atoms. The Morgan fingerprint density at radius 2 is 2.38 bits per heavy atom. The van der Waals surface area contributed by atoms with Crippen molar-refractivity contribution in [2.45, 2.75) is 13.3 Å². The van der Waals surface area contributed by atoms with Gasteiger partial charge in [-0.1, -0.05) is 0 Å². The van der Waals surface area contributed by atoms with Crippen LogP contribution in [0, 0.1) is 6.92 Å². The number of hydrogen-bond acceptors (Lipinski definition) is 3. The van der Waals surface area contributed by atoms with Gasteiger partial charge in [-0.15, -0.1) is 11.6 Å². The smallest absolute Gasteiger partial charge is 0.225 e. The van der Waals surface area contributed by atoms with Gasteiger partial charge in [0.15, 0.2) is 11.5 Å². The van der Waals surface area contributed by atoms with Gasteiger partial charge in [-0.3, -0.25) is 4.79 Å². The molecular weight excluding hydrogens is 228 g/mol. The van der Waals surface area contributed by atoms with Gasteiger partial charge in [-0.2, -0.15) is 0 Å². The molecule has 0 saturated carbocycles. The number of carbonyl (C=O) groups is 1. The Hall–Kier alpha value is -1.55. The Morgan fingerprint density at radius 1 is 1.56 bits per heavy atom. The quantitative estimate of drug-likeness (QED) is 0.837. The lowest BCUT2D eigenvalue weighted by Crippen LogP contribution is -2.11. The van der Waals surface area contributed by atoms with Gasteiger partial charge in [-0.05, 0) is 18.2 Å². The minimum atomic E-state index is -0.102. The van der Waals surface area contributed by atoms with Crippen LogP contribution >= 0.6 is 11.6 Å². The number of carbonyl (C=O) groups excluding carboxylic acids is 1. The summed E-state index contributed by atoms with van der Waals surface area (Å²) in [4.78, 5) is 15.5. The molecular formula is C11H11ClN2O2. The molecule has 16 heavy (non-hydrogen) atoms. The van der Waals surface area contributed by atoms with Gasteiger partial charge in [-0.25, -0.2) is 4.98 Å². The summed E-state index contributed by atoms with van der Waals surface area (Å²) in [6.45, 7) is 1.78. The molecule has 1 amide bonds. The SMILES string of the molecule is Cc1nc2cc(NC(=O)CCCl)ccc2o1. The van der Waals surface area contributed by atoms with E-state index in [2.05, 4.69) is 10.3 Å². The van der Waals surface area contributed by atoms with E-state index < -0.39 is 0 Å². The lowest BCUT2D eigenvalue weighted by atomic mass is 10.3. The minimum Gasteiger partial charge on any atom is -0.441 e. The summed E-state index contributed by atoms with van der Waals surface area (Å²) < 4.78 is 5.33. The van der Waals surface area contributed by atoms with E-state index in [0.29, 0.717) is 29.5 Å². The van der Waals surface area contributed by atoms with Crippen molar-refractivity contribution in [1.29, 1.82) is 0 Å². The number of nitrogens with zero attached hydrogens (tertiary/aromatic N) is 1. The third-order valence-electron chi connectivity index (χ3n) is 2.10. The molecule has 0 fully saturated rings. The van der Waals surface area contributed by atoms with E-state index in [1.54, 1.807) is 25.1 Å². The normalized spacial score (nSPS) is 10.6. The summed E-state index contributed by atoms with van der Waals surface area (Å²) in [5.74, 6) is 0.825. The van der Waals surface area contributed by atoms with Gasteiger partial charge < -0.3 is 9.73 Å². The number of aryl methyl sites for hydroxylation is 1. The average Bonchev–Trinajstić information content (AvgIpc) is 2.57. The highest BCUT2D eigenvalue weighted by atomic mass is 35.5. The fourth-order valence-electron chi connectivity index (χ4n) is 1.43. The number of anilines is 1. The molecule has 1 aromatic carbocycles. The van der Waals surface area contributed by atoms with Crippen LogP contribution in [0.25, 0.3) is 11.1 Å². The monoisotopic (exact) mass is 238 g/mol. The van der Waals surface area contributed by atoms with E-state index in [-0.39, 0.29) is 5.91 Å². The molecule has 2 rings (SSSR count). The van der Waals surface area contributed by atoms with E-state index in [0.717, 1.165) is 5.52 Å². The third-order valence-corrected chi connectivity index (χ3v) is 2.29. The number of halogens is 1. The Bertz CT molecular complexity index is 522. The topological polar surface area (TPSA) is 55.1 Å². The molecule has 0 unspecified atom stereocenters. The van der Waals surface area contributed by atoms with Crippen LogP contribution in [0.1, 0.15) is 12.3 Å². The summed E-state index contributed by atoms with van der Waals surface area (Å²) in [6, 6.07) is 5.34. The van der Waals surface area contributed by atoms with Crippen molar-refractivity contribution in [3.05, 3.63) is 24.1 Å². The molecule has 1 aromatic heterocycles. The number of aromatic nitrogens is 1. The number of amides is 1. The lowest BCUT2D eigenvalue weighted by Gasteiger charge is -2.02. The third kappa shape index (κ3) is 2.33. The first-order valence-electron chi connectivity index (χ1n) is 4.92. The van der Waals surface area contributed by atoms with E-state index in [1.165, 1.54) is 0 Å². The molecule has 0 radical (unpaired) electrons. The number of fused-ring (bicyclic) bond motifs is 1. The molecule has 4 nitrogen and oxygen atoms in total. The summed E-state index contributed by atoms with van der Waals surface area (Å²) in [7, 11) is 0. The maximum absolute atomic E-state index is 11.3. The van der Waals surface area contributed by atoms with Crippen LogP contribution in [0.5, 0.6) is 0 Å². The summed E-state index contributed by atoms with van der Waals surface area (Å²) >= 11 is 5.47. The zero-order valence-corrected chi connectivity index (χ0v) is 9.54. The molecule has 1 heterocycles. The molecule has 0 aliphatic heterocycles. The van der Waals surface area contributed by atoms with Crippen LogP contribution in [0.2, 0.25) is 0 Å². The zero-order valence-electron chi connectivity index (χ0n) is 8.79. The highest BCUT2D eigenvalue weighted by molar-refractivity contribution is 6.19. The fourth-order valence-corrected chi connectivity index (χ4v) is 1.60. The van der Waals surface area contributed by atoms with Crippen molar-refractivity contribution in [3.8, 4) is 0 Å². The molecule has 0 aliphatic rings. The number of oxazole rings is 1. The zero-order chi connectivity index (χ0) is 11.5. The number of rotatable bonds is 3. The Balaban J connectivity index is 2.22. The van der Waals surface area contributed by atoms with Crippen molar-refractivity contribution in [2.24, 2.45) is 0 Å². The van der Waals surface area contributed by atoms with Crippen LogP contribution in [-0.4, -0.2) is 16.8 Å². The summed E-state index contributed by atoms with van der Waals surface area (Å²) in [5, 5.41) is 2.74. The van der Waals surface area contributed by atoms with Crippen LogP contribution in [0.3, 0.4) is 0 Å². The van der Waals surface area contributed by atoms with Gasteiger partial charge in [0.25, 0.3) is 0 Å². The molecule has 0 spiro atoms. The molecule has 1 N–H and O–H groups in total. The first-order chi connectivity index (χ1) is 7.69. The van der Waals surface area contributed by atoms with Gasteiger partial charge >= 0.3 is 0 Å². The maximum atomic E-state index is 11.3. The Morgan fingerprint density at radius 3 is 3.12 bits per heavy atom. The number of benzene rings is 1. The molecule has 2 aromatic rings. The van der Waals surface area contributed by atoms with Crippen LogP contribution in [0.4, 0.5) is 5.69 Å². The second-order valence-electron chi connectivity index (χ2n) is 3.40. The summed E-state index contributed by atoms with van der Waals surface area (Å²) in [6.07, 6.45) is 0.303. The number of hydrogen-bond donors (Lipinski definition) is 1. The highest BCUT2D eigenvalue weighted by Crippen LogP contribution is 2.19. The average molecular weight is 239 g/mol. The van der Waals surface area contributed by atoms with Crippen LogP contribution in [0.15, 0.2) is 22.6 Å². The number of alkyl halides is 1. The highest BCUT2D eigenvalue weighted by Gasteiger charge is 2.05. The predicted molar refractivity (Wildman–Crippen MR) is 62.7 cm³/mol. The van der Waals surface area contributed by atoms with E-state index in [1.807, 2.05) is 0 Å². The van der Waals surface area contributed by atoms with Gasteiger partial charge in [0.1, 0.15) is 5.52 Å². The largest absolute Gasteiger partial charge is 0.441 e. The van der Waals surface area contributed by atoms with Crippen molar-refractivity contribution in [2.75, 3.05) is 11.2 Å². The van der Waals surface area contributed by atoms with Gasteiger partial charge in [0.05, 0.1) is 0 Å². The van der Waals surface area contributed by atoms with Crippen molar-refractivity contribution in [1.82, 2.24) is 4.98 Å². The van der Waals surface area contributed by atoms with E-state index in [9.17, 15) is 4.79 Å². The molecule has 0 atom stereocenters. The van der Waals surface area contributed by atoms with E-state index >= 15 is 0 Å². The Labute approximate surface area is 97.6 Å². The van der Waals surface area contributed by atoms with Gasteiger partial charge in [0, 0.05) is 24.9 Å². The molecule has 84 valence electrons. The van der Waals surface area contributed by atoms with Gasteiger partial charge in [0.2, 0.25) is 5.91 Å². The fraction of sp³-hybridized carbons (Fsp3) is 0.273. The molecule has 0 saturated heterocycles. The van der Waals surface area contributed by atoms with E-state index in [4.69, 9.17) is 16.0 Å². The Kier molecular flexibility index (Phi) is 3.10. The van der Waals surface area contributed by atoms with Crippen LogP contribution < -0.4 is 5.32 Å². The summed E-state index contributed by atoms with van der Waals surface area (Å²) in [5.41, 5.74) is 2.16. The standard InChI is InChI=1S/C11H11ClN2O2/c1-7-13-9-6-8(2-3-10(9)16-7)14-11(15)4-5-12/h2-3,6H,4-5H2,1H3,(H,14,15). The molecule has 5 heteroatoms. The number of nitrogens with one attached hydrogen (secondary N) is 1. The second kappa shape index (κ2) is 4.53.